The zero-order valence-corrected chi connectivity index (χ0v) is 10.7. The highest BCUT2D eigenvalue weighted by molar-refractivity contribution is 5.28. The summed E-state index contributed by atoms with van der Waals surface area (Å²) in [5.74, 6) is -0.880. The number of hydrogen-bond donors (Lipinski definition) is 1. The van der Waals surface area contributed by atoms with Gasteiger partial charge in [-0.3, -0.25) is 0 Å². The number of hydrogen-bond acceptors (Lipinski definition) is 1. The van der Waals surface area contributed by atoms with Crippen LogP contribution >= 0.6 is 0 Å². The van der Waals surface area contributed by atoms with Crippen LogP contribution in [-0.2, 0) is 0 Å². The lowest BCUT2D eigenvalue weighted by Gasteiger charge is -2.14. The summed E-state index contributed by atoms with van der Waals surface area (Å²) in [5.41, 5.74) is 6.92. The minimum absolute atomic E-state index is 0.106. The molecule has 1 fully saturated rings. The Labute approximate surface area is 101 Å². The van der Waals surface area contributed by atoms with Crippen molar-refractivity contribution in [2.45, 2.75) is 33.7 Å². The van der Waals surface area contributed by atoms with Crippen LogP contribution in [0.3, 0.4) is 0 Å². The van der Waals surface area contributed by atoms with Crippen molar-refractivity contribution in [2.75, 3.05) is 0 Å². The van der Waals surface area contributed by atoms with E-state index in [2.05, 4.69) is 27.7 Å². The van der Waals surface area contributed by atoms with E-state index in [1.165, 1.54) is 12.1 Å². The summed E-state index contributed by atoms with van der Waals surface area (Å²) >= 11 is 0. The molecule has 1 unspecified atom stereocenters. The van der Waals surface area contributed by atoms with Gasteiger partial charge in [0, 0.05) is 12.1 Å². The highest BCUT2D eigenvalue weighted by Crippen LogP contribution is 2.71. The van der Waals surface area contributed by atoms with Gasteiger partial charge in [0.25, 0.3) is 0 Å². The zero-order chi connectivity index (χ0) is 13.0. The monoisotopic (exact) mass is 239 g/mol. The maximum atomic E-state index is 13.2. The minimum Gasteiger partial charge on any atom is -0.324 e. The lowest BCUT2D eigenvalue weighted by Crippen LogP contribution is -2.17. The van der Waals surface area contributed by atoms with Gasteiger partial charge < -0.3 is 5.73 Å². The Kier molecular flexibility index (Phi) is 2.58. The maximum absolute atomic E-state index is 13.2. The van der Waals surface area contributed by atoms with Gasteiger partial charge in [0.15, 0.2) is 0 Å². The second kappa shape index (κ2) is 3.52. The smallest absolute Gasteiger partial charge is 0.126 e. The van der Waals surface area contributed by atoms with Crippen molar-refractivity contribution < 1.29 is 8.78 Å². The van der Waals surface area contributed by atoms with Crippen LogP contribution in [0.25, 0.3) is 0 Å². The quantitative estimate of drug-likeness (QED) is 0.837. The van der Waals surface area contributed by atoms with Crippen molar-refractivity contribution in [3.63, 3.8) is 0 Å². The zero-order valence-electron chi connectivity index (χ0n) is 10.7. The average molecular weight is 239 g/mol. The number of halogens is 2. The molecule has 17 heavy (non-hydrogen) atoms. The Morgan fingerprint density at radius 3 is 1.76 bits per heavy atom. The molecule has 2 rings (SSSR count). The lowest BCUT2D eigenvalue weighted by molar-refractivity contribution is 0.457. The molecule has 0 spiro atoms. The second-order valence-corrected chi connectivity index (χ2v) is 6.15. The molecule has 0 saturated heterocycles. The van der Waals surface area contributed by atoms with Crippen LogP contribution in [0, 0.1) is 28.4 Å². The fourth-order valence-electron chi connectivity index (χ4n) is 3.11. The minimum atomic E-state index is -0.563. The van der Waals surface area contributed by atoms with Crippen LogP contribution in [-0.4, -0.2) is 0 Å². The van der Waals surface area contributed by atoms with Crippen LogP contribution < -0.4 is 5.73 Å². The summed E-state index contributed by atoms with van der Waals surface area (Å²) in [6.07, 6.45) is 0. The molecule has 1 aliphatic carbocycles. The Morgan fingerprint density at radius 2 is 1.41 bits per heavy atom. The summed E-state index contributed by atoms with van der Waals surface area (Å²) < 4.78 is 26.3. The van der Waals surface area contributed by atoms with Gasteiger partial charge >= 0.3 is 0 Å². The van der Waals surface area contributed by atoms with Crippen LogP contribution in [0.2, 0.25) is 0 Å². The Hall–Kier alpha value is -0.960. The van der Waals surface area contributed by atoms with Gasteiger partial charge in [0.1, 0.15) is 11.6 Å². The summed E-state index contributed by atoms with van der Waals surface area (Å²) in [5, 5.41) is 0. The first-order valence-corrected chi connectivity index (χ1v) is 5.89. The van der Waals surface area contributed by atoms with E-state index in [1.807, 2.05) is 0 Å². The first-order valence-electron chi connectivity index (χ1n) is 5.89. The molecule has 0 aromatic heterocycles. The molecule has 1 aliphatic rings. The van der Waals surface area contributed by atoms with E-state index in [0.717, 1.165) is 6.07 Å². The van der Waals surface area contributed by atoms with Gasteiger partial charge in [0.2, 0.25) is 0 Å². The van der Waals surface area contributed by atoms with Crippen molar-refractivity contribution in [3.8, 4) is 0 Å². The van der Waals surface area contributed by atoms with E-state index < -0.39 is 11.6 Å². The van der Waals surface area contributed by atoms with E-state index >= 15 is 0 Å². The molecule has 1 nitrogen and oxygen atoms in total. The van der Waals surface area contributed by atoms with Gasteiger partial charge in [-0.15, -0.1) is 0 Å². The fourth-order valence-corrected chi connectivity index (χ4v) is 3.11. The molecule has 0 bridgehead atoms. The molecule has 3 heteroatoms. The molecule has 1 saturated carbocycles. The summed E-state index contributed by atoms with van der Waals surface area (Å²) in [7, 11) is 0. The van der Waals surface area contributed by atoms with E-state index in [1.54, 1.807) is 0 Å². The SMILES string of the molecule is CC1(C)C(C(N)c2cc(F)cc(F)c2)C1(C)C. The van der Waals surface area contributed by atoms with Crippen LogP contribution in [0.4, 0.5) is 8.78 Å². The first kappa shape index (κ1) is 12.5. The van der Waals surface area contributed by atoms with Gasteiger partial charge in [0.05, 0.1) is 0 Å². The van der Waals surface area contributed by atoms with E-state index in [-0.39, 0.29) is 22.8 Å². The van der Waals surface area contributed by atoms with Gasteiger partial charge in [-0.1, -0.05) is 27.7 Å². The summed E-state index contributed by atoms with van der Waals surface area (Å²) in [4.78, 5) is 0. The van der Waals surface area contributed by atoms with E-state index in [9.17, 15) is 8.78 Å². The Bertz CT molecular complexity index is 417. The molecule has 94 valence electrons. The third-order valence-electron chi connectivity index (χ3n) is 4.76. The van der Waals surface area contributed by atoms with E-state index in [4.69, 9.17) is 5.73 Å². The largest absolute Gasteiger partial charge is 0.324 e. The van der Waals surface area contributed by atoms with Crippen LogP contribution in [0.5, 0.6) is 0 Å². The van der Waals surface area contributed by atoms with Crippen molar-refractivity contribution in [1.29, 1.82) is 0 Å². The third-order valence-corrected chi connectivity index (χ3v) is 4.76. The number of rotatable bonds is 2. The topological polar surface area (TPSA) is 26.0 Å². The molecule has 0 amide bonds. The number of nitrogens with two attached hydrogens (primary N) is 1. The molecule has 0 heterocycles. The molecule has 1 aromatic carbocycles. The van der Waals surface area contributed by atoms with Gasteiger partial charge in [-0.2, -0.15) is 0 Å². The third kappa shape index (κ3) is 1.77. The predicted octanol–water partition coefficient (Wildman–Crippen LogP) is 3.65. The molecule has 1 aromatic rings. The standard InChI is InChI=1S/C14H19F2N/c1-13(2)12(14(13,3)4)11(17)8-5-9(15)7-10(16)6-8/h5-7,11-12H,17H2,1-4H3. The fraction of sp³-hybridized carbons (Fsp3) is 0.571. The average Bonchev–Trinajstić information content (AvgIpc) is 2.54. The number of benzene rings is 1. The Balaban J connectivity index is 2.31. The predicted molar refractivity (Wildman–Crippen MR) is 64.3 cm³/mol. The summed E-state index contributed by atoms with van der Waals surface area (Å²) in [6.45, 7) is 8.58. The second-order valence-electron chi connectivity index (χ2n) is 6.15. The molecular weight excluding hydrogens is 220 g/mol. The highest BCUT2D eigenvalue weighted by atomic mass is 19.1. The maximum Gasteiger partial charge on any atom is 0.126 e. The van der Waals surface area contributed by atoms with Crippen LogP contribution in [0.15, 0.2) is 18.2 Å². The Morgan fingerprint density at radius 1 is 1.00 bits per heavy atom. The van der Waals surface area contributed by atoms with Crippen molar-refractivity contribution >= 4 is 0 Å². The van der Waals surface area contributed by atoms with Gasteiger partial charge in [-0.25, -0.2) is 8.78 Å². The van der Waals surface area contributed by atoms with Crippen LogP contribution in [0.1, 0.15) is 39.3 Å². The van der Waals surface area contributed by atoms with E-state index in [0.29, 0.717) is 5.56 Å². The molecule has 0 aliphatic heterocycles. The normalized spacial score (nSPS) is 23.5. The molecule has 2 N–H and O–H groups in total. The first-order chi connectivity index (χ1) is 7.68. The van der Waals surface area contributed by atoms with Gasteiger partial charge in [-0.05, 0) is 34.4 Å². The van der Waals surface area contributed by atoms with Crippen molar-refractivity contribution in [2.24, 2.45) is 22.5 Å². The molecular formula is C14H19F2N. The summed E-state index contributed by atoms with van der Waals surface area (Å²) in [6, 6.07) is 3.22. The highest BCUT2D eigenvalue weighted by Gasteiger charge is 2.66. The lowest BCUT2D eigenvalue weighted by atomic mass is 9.97. The molecule has 1 atom stereocenters. The molecule has 0 radical (unpaired) electrons. The van der Waals surface area contributed by atoms with Crippen molar-refractivity contribution in [1.82, 2.24) is 0 Å². The van der Waals surface area contributed by atoms with Crippen molar-refractivity contribution in [3.05, 3.63) is 35.4 Å².